The van der Waals surface area contributed by atoms with Crippen molar-refractivity contribution in [2.75, 3.05) is 0 Å². The standard InChI is InChI=1S/C16H15FN6O2/c1-2-14(11-6-8-18-9-7-11)19-15(24)23-16(25)22(20-21-23)13-5-3-4-12(17)10-13/h3-10,14H,2H2,1H3,(H,19,24). The number of carbonyl (C=O) groups excluding carboxylic acids is 1. The van der Waals surface area contributed by atoms with E-state index in [0.29, 0.717) is 11.1 Å². The van der Waals surface area contributed by atoms with Crippen molar-refractivity contribution in [2.45, 2.75) is 19.4 Å². The molecule has 1 amide bonds. The maximum atomic E-state index is 13.3. The zero-order valence-corrected chi connectivity index (χ0v) is 13.3. The second-order valence-electron chi connectivity index (χ2n) is 5.26. The molecule has 3 rings (SSSR count). The molecule has 0 bridgehead atoms. The van der Waals surface area contributed by atoms with Gasteiger partial charge in [0.1, 0.15) is 5.82 Å². The summed E-state index contributed by atoms with van der Waals surface area (Å²) in [6.45, 7) is 1.90. The minimum Gasteiger partial charge on any atom is -0.329 e. The van der Waals surface area contributed by atoms with Crippen LogP contribution in [0.2, 0.25) is 0 Å². The minimum atomic E-state index is -0.785. The molecule has 0 aliphatic carbocycles. The highest BCUT2D eigenvalue weighted by Crippen LogP contribution is 2.15. The summed E-state index contributed by atoms with van der Waals surface area (Å²) in [7, 11) is 0. The lowest BCUT2D eigenvalue weighted by Crippen LogP contribution is -2.39. The molecule has 128 valence electrons. The zero-order valence-electron chi connectivity index (χ0n) is 13.3. The lowest BCUT2D eigenvalue weighted by atomic mass is 10.1. The number of rotatable bonds is 4. The number of aromatic nitrogens is 5. The molecule has 3 aromatic rings. The van der Waals surface area contributed by atoms with Crippen LogP contribution in [0.5, 0.6) is 0 Å². The summed E-state index contributed by atoms with van der Waals surface area (Å²) in [5, 5.41) is 9.93. The second kappa shape index (κ2) is 7.04. The molecular weight excluding hydrogens is 327 g/mol. The highest BCUT2D eigenvalue weighted by molar-refractivity contribution is 5.75. The van der Waals surface area contributed by atoms with Gasteiger partial charge in [0.25, 0.3) is 0 Å². The van der Waals surface area contributed by atoms with Crippen LogP contribution in [0, 0.1) is 5.82 Å². The Bertz CT molecular complexity index is 937. The van der Waals surface area contributed by atoms with Crippen molar-refractivity contribution in [1.29, 1.82) is 0 Å². The summed E-state index contributed by atoms with van der Waals surface area (Å²) in [6, 6.07) is 7.84. The number of pyridine rings is 1. The van der Waals surface area contributed by atoms with Crippen LogP contribution in [0.4, 0.5) is 9.18 Å². The molecule has 1 unspecified atom stereocenters. The number of hydrogen-bond donors (Lipinski definition) is 1. The quantitative estimate of drug-likeness (QED) is 0.728. The van der Waals surface area contributed by atoms with Crippen molar-refractivity contribution >= 4 is 6.03 Å². The Morgan fingerprint density at radius 1 is 1.24 bits per heavy atom. The summed E-state index contributed by atoms with van der Waals surface area (Å²) < 4.78 is 14.8. The molecule has 0 spiro atoms. The zero-order chi connectivity index (χ0) is 17.8. The lowest BCUT2D eigenvalue weighted by Gasteiger charge is -2.16. The van der Waals surface area contributed by atoms with E-state index in [1.807, 2.05) is 6.92 Å². The molecular formula is C16H15FN6O2. The maximum Gasteiger partial charge on any atom is 0.377 e. The maximum absolute atomic E-state index is 13.3. The highest BCUT2D eigenvalue weighted by atomic mass is 19.1. The average molecular weight is 342 g/mol. The van der Waals surface area contributed by atoms with Crippen molar-refractivity contribution in [3.8, 4) is 5.69 Å². The van der Waals surface area contributed by atoms with Crippen molar-refractivity contribution in [3.63, 3.8) is 0 Å². The van der Waals surface area contributed by atoms with E-state index in [0.717, 1.165) is 16.3 Å². The van der Waals surface area contributed by atoms with Gasteiger partial charge in [-0.1, -0.05) is 13.0 Å². The molecule has 8 nitrogen and oxygen atoms in total. The number of amides is 1. The second-order valence-corrected chi connectivity index (χ2v) is 5.26. The van der Waals surface area contributed by atoms with Crippen LogP contribution in [0.1, 0.15) is 24.9 Å². The molecule has 2 aromatic heterocycles. The van der Waals surface area contributed by atoms with E-state index in [-0.39, 0.29) is 11.7 Å². The topological polar surface area (TPSA) is 94.7 Å². The molecule has 9 heteroatoms. The van der Waals surface area contributed by atoms with Crippen LogP contribution in [-0.2, 0) is 0 Å². The Morgan fingerprint density at radius 3 is 2.68 bits per heavy atom. The van der Waals surface area contributed by atoms with Gasteiger partial charge < -0.3 is 5.32 Å². The van der Waals surface area contributed by atoms with E-state index >= 15 is 0 Å². The van der Waals surface area contributed by atoms with E-state index in [2.05, 4.69) is 20.7 Å². The highest BCUT2D eigenvalue weighted by Gasteiger charge is 2.19. The number of carbonyl (C=O) groups is 1. The fraction of sp³-hybridized carbons (Fsp3) is 0.188. The number of tetrazole rings is 1. The SMILES string of the molecule is CCC(NC(=O)n1nnn(-c2cccc(F)c2)c1=O)c1ccncc1. The fourth-order valence-electron chi connectivity index (χ4n) is 2.37. The molecule has 0 radical (unpaired) electrons. The van der Waals surface area contributed by atoms with E-state index in [1.54, 1.807) is 24.5 Å². The van der Waals surface area contributed by atoms with Crippen molar-refractivity contribution in [3.05, 3.63) is 70.7 Å². The van der Waals surface area contributed by atoms with Gasteiger partial charge in [0.15, 0.2) is 0 Å². The third-order valence-corrected chi connectivity index (χ3v) is 3.64. The molecule has 0 saturated heterocycles. The number of halogens is 1. The first-order valence-electron chi connectivity index (χ1n) is 7.62. The predicted molar refractivity (Wildman–Crippen MR) is 86.8 cm³/mol. The monoisotopic (exact) mass is 342 g/mol. The molecule has 25 heavy (non-hydrogen) atoms. The first kappa shape index (κ1) is 16.5. The Labute approximate surface area is 141 Å². The summed E-state index contributed by atoms with van der Waals surface area (Å²) in [4.78, 5) is 28.6. The van der Waals surface area contributed by atoms with Gasteiger partial charge in [-0.05, 0) is 52.7 Å². The molecule has 0 aliphatic rings. The van der Waals surface area contributed by atoms with Gasteiger partial charge in [-0.3, -0.25) is 4.98 Å². The van der Waals surface area contributed by atoms with Crippen LogP contribution < -0.4 is 11.0 Å². The Kier molecular flexibility index (Phi) is 4.64. The van der Waals surface area contributed by atoms with Crippen molar-refractivity contribution in [1.82, 2.24) is 30.1 Å². The van der Waals surface area contributed by atoms with E-state index in [1.165, 1.54) is 18.2 Å². The van der Waals surface area contributed by atoms with Crippen LogP contribution in [0.25, 0.3) is 5.69 Å². The summed E-state index contributed by atoms with van der Waals surface area (Å²) in [5.74, 6) is -0.521. The van der Waals surface area contributed by atoms with Gasteiger partial charge in [-0.2, -0.15) is 4.68 Å². The fourth-order valence-corrected chi connectivity index (χ4v) is 2.37. The first-order chi connectivity index (χ1) is 12.1. The van der Waals surface area contributed by atoms with Crippen molar-refractivity contribution in [2.24, 2.45) is 0 Å². The summed E-state index contributed by atoms with van der Waals surface area (Å²) in [5.41, 5.74) is 0.259. The van der Waals surface area contributed by atoms with Gasteiger partial charge in [0.2, 0.25) is 0 Å². The lowest BCUT2D eigenvalue weighted by molar-refractivity contribution is 0.234. The normalized spacial score (nSPS) is 11.9. The Hall–Kier alpha value is -3.36. The van der Waals surface area contributed by atoms with Crippen LogP contribution >= 0.6 is 0 Å². The Balaban J connectivity index is 1.85. The third kappa shape index (κ3) is 3.44. The molecule has 0 fully saturated rings. The number of nitrogens with one attached hydrogen (secondary N) is 1. The van der Waals surface area contributed by atoms with Gasteiger partial charge in [-0.25, -0.2) is 14.0 Å². The van der Waals surface area contributed by atoms with Crippen LogP contribution in [0.3, 0.4) is 0 Å². The van der Waals surface area contributed by atoms with Crippen LogP contribution in [-0.4, -0.2) is 30.8 Å². The smallest absolute Gasteiger partial charge is 0.329 e. The largest absolute Gasteiger partial charge is 0.377 e. The molecule has 1 N–H and O–H groups in total. The summed E-state index contributed by atoms with van der Waals surface area (Å²) in [6.07, 6.45) is 3.86. The van der Waals surface area contributed by atoms with Gasteiger partial charge >= 0.3 is 11.7 Å². The van der Waals surface area contributed by atoms with Crippen LogP contribution in [0.15, 0.2) is 53.6 Å². The summed E-state index contributed by atoms with van der Waals surface area (Å²) >= 11 is 0. The predicted octanol–water partition coefficient (Wildman–Crippen LogP) is 1.67. The van der Waals surface area contributed by atoms with E-state index in [4.69, 9.17) is 0 Å². The van der Waals surface area contributed by atoms with E-state index in [9.17, 15) is 14.0 Å². The van der Waals surface area contributed by atoms with Gasteiger partial charge in [0, 0.05) is 12.4 Å². The average Bonchev–Trinajstić information content (AvgIpc) is 3.02. The van der Waals surface area contributed by atoms with E-state index < -0.39 is 17.5 Å². The number of nitrogens with zero attached hydrogens (tertiary/aromatic N) is 5. The van der Waals surface area contributed by atoms with Gasteiger partial charge in [0.05, 0.1) is 11.7 Å². The molecule has 1 atom stereocenters. The van der Waals surface area contributed by atoms with Gasteiger partial charge in [-0.15, -0.1) is 4.68 Å². The minimum absolute atomic E-state index is 0.185. The number of hydrogen-bond acceptors (Lipinski definition) is 5. The van der Waals surface area contributed by atoms with Crippen molar-refractivity contribution < 1.29 is 9.18 Å². The molecule has 2 heterocycles. The third-order valence-electron chi connectivity index (χ3n) is 3.64. The molecule has 0 saturated carbocycles. The molecule has 0 aliphatic heterocycles. The molecule has 1 aromatic carbocycles. The Morgan fingerprint density at radius 2 is 2.00 bits per heavy atom. The first-order valence-corrected chi connectivity index (χ1v) is 7.62. The number of benzene rings is 1.